The Morgan fingerprint density at radius 1 is 1.17 bits per heavy atom. The molecular formula is C13H16NO3S. The predicted octanol–water partition coefficient (Wildman–Crippen LogP) is 1.45. The maximum Gasteiger partial charge on any atom is 0.243 e. The van der Waals surface area contributed by atoms with Crippen LogP contribution in [0, 0.1) is 6.42 Å². The summed E-state index contributed by atoms with van der Waals surface area (Å²) in [4.78, 5) is 0.325. The van der Waals surface area contributed by atoms with Gasteiger partial charge in [-0.3, -0.25) is 0 Å². The van der Waals surface area contributed by atoms with Crippen molar-refractivity contribution >= 4 is 10.0 Å². The van der Waals surface area contributed by atoms with E-state index in [1.165, 1.54) is 4.31 Å². The lowest BCUT2D eigenvalue weighted by Crippen LogP contribution is -2.40. The van der Waals surface area contributed by atoms with Crippen molar-refractivity contribution in [1.82, 2.24) is 4.31 Å². The minimum Gasteiger partial charge on any atom is -0.379 e. The molecule has 1 aromatic rings. The van der Waals surface area contributed by atoms with Crippen molar-refractivity contribution < 1.29 is 13.2 Å². The molecule has 0 atom stereocenters. The summed E-state index contributed by atoms with van der Waals surface area (Å²) in [7, 11) is -3.38. The highest BCUT2D eigenvalue weighted by Crippen LogP contribution is 2.18. The summed E-state index contributed by atoms with van der Waals surface area (Å²) in [6.45, 7) is 5.36. The Labute approximate surface area is 108 Å². The molecule has 18 heavy (non-hydrogen) atoms. The minimum atomic E-state index is -3.38. The zero-order valence-corrected chi connectivity index (χ0v) is 10.9. The van der Waals surface area contributed by atoms with Gasteiger partial charge in [0.05, 0.1) is 18.1 Å². The summed E-state index contributed by atoms with van der Waals surface area (Å²) in [5, 5.41) is 0. The van der Waals surface area contributed by atoms with Crippen molar-refractivity contribution in [2.45, 2.75) is 4.90 Å². The number of allylic oxidation sites excluding steroid dienone is 1. The molecule has 0 saturated carbocycles. The van der Waals surface area contributed by atoms with Crippen LogP contribution in [0.2, 0.25) is 0 Å². The molecule has 0 unspecified atom stereocenters. The molecule has 0 bridgehead atoms. The van der Waals surface area contributed by atoms with Crippen LogP contribution in [0.1, 0.15) is 5.56 Å². The van der Waals surface area contributed by atoms with Crippen molar-refractivity contribution in [1.29, 1.82) is 0 Å². The van der Waals surface area contributed by atoms with Gasteiger partial charge >= 0.3 is 0 Å². The van der Waals surface area contributed by atoms with E-state index in [2.05, 4.69) is 6.58 Å². The van der Waals surface area contributed by atoms with Gasteiger partial charge in [0.1, 0.15) is 0 Å². The number of hydrogen-bond acceptors (Lipinski definition) is 3. The Morgan fingerprint density at radius 3 is 2.33 bits per heavy atom. The molecule has 2 rings (SSSR count). The number of nitrogens with zero attached hydrogens (tertiary/aromatic N) is 1. The molecule has 0 N–H and O–H groups in total. The Hall–Kier alpha value is -1.17. The number of benzene rings is 1. The van der Waals surface area contributed by atoms with Gasteiger partial charge in [-0.05, 0) is 17.7 Å². The van der Waals surface area contributed by atoms with E-state index < -0.39 is 10.0 Å². The van der Waals surface area contributed by atoms with Gasteiger partial charge in [0, 0.05) is 19.5 Å². The summed E-state index contributed by atoms with van der Waals surface area (Å²) in [6, 6.07) is 6.80. The van der Waals surface area contributed by atoms with Crippen LogP contribution >= 0.6 is 0 Å². The van der Waals surface area contributed by atoms with Gasteiger partial charge in [0.2, 0.25) is 10.0 Å². The quantitative estimate of drug-likeness (QED) is 0.828. The zero-order valence-electron chi connectivity index (χ0n) is 10.1. The Kier molecular flexibility index (Phi) is 4.16. The third-order valence-corrected chi connectivity index (χ3v) is 4.71. The molecule has 1 saturated heterocycles. The van der Waals surface area contributed by atoms with E-state index in [4.69, 9.17) is 4.74 Å². The highest BCUT2D eigenvalue weighted by atomic mass is 32.2. The third kappa shape index (κ3) is 2.80. The van der Waals surface area contributed by atoms with Gasteiger partial charge < -0.3 is 4.74 Å². The lowest BCUT2D eigenvalue weighted by atomic mass is 10.2. The zero-order chi connectivity index (χ0) is 13.0. The molecule has 1 heterocycles. The molecule has 5 heteroatoms. The van der Waals surface area contributed by atoms with Gasteiger partial charge in [-0.2, -0.15) is 4.31 Å². The third-order valence-electron chi connectivity index (χ3n) is 2.80. The van der Waals surface area contributed by atoms with Crippen molar-refractivity contribution in [3.63, 3.8) is 0 Å². The van der Waals surface area contributed by atoms with Gasteiger partial charge in [0.25, 0.3) is 0 Å². The van der Waals surface area contributed by atoms with E-state index >= 15 is 0 Å². The van der Waals surface area contributed by atoms with E-state index in [0.29, 0.717) is 31.2 Å². The van der Waals surface area contributed by atoms with Crippen molar-refractivity contribution in [2.75, 3.05) is 26.3 Å². The van der Waals surface area contributed by atoms with Crippen molar-refractivity contribution in [2.24, 2.45) is 0 Å². The number of sulfonamides is 1. The van der Waals surface area contributed by atoms with Crippen LogP contribution in [-0.2, 0) is 14.8 Å². The van der Waals surface area contributed by atoms with E-state index in [-0.39, 0.29) is 0 Å². The first-order valence-electron chi connectivity index (χ1n) is 5.78. The molecule has 0 aliphatic carbocycles. The van der Waals surface area contributed by atoms with Gasteiger partial charge in [-0.15, -0.1) is 6.58 Å². The monoisotopic (exact) mass is 266 g/mol. The maximum absolute atomic E-state index is 12.3. The maximum atomic E-state index is 12.3. The number of morpholine rings is 1. The summed E-state index contributed by atoms with van der Waals surface area (Å²) in [5.41, 5.74) is 0.936. The first-order chi connectivity index (χ1) is 8.64. The van der Waals surface area contributed by atoms with Crippen LogP contribution in [0.3, 0.4) is 0 Å². The summed E-state index contributed by atoms with van der Waals surface area (Å²) in [6.07, 6.45) is 3.50. The van der Waals surface area contributed by atoms with Crippen LogP contribution in [-0.4, -0.2) is 39.0 Å². The largest absolute Gasteiger partial charge is 0.379 e. The second-order valence-corrected chi connectivity index (χ2v) is 5.93. The molecule has 0 aromatic heterocycles. The highest BCUT2D eigenvalue weighted by molar-refractivity contribution is 7.89. The van der Waals surface area contributed by atoms with Crippen LogP contribution in [0.4, 0.5) is 0 Å². The fraction of sp³-hybridized carbons (Fsp3) is 0.308. The van der Waals surface area contributed by atoms with Crippen LogP contribution in [0.15, 0.2) is 41.8 Å². The van der Waals surface area contributed by atoms with Gasteiger partial charge in [-0.25, -0.2) is 8.42 Å². The molecular weight excluding hydrogens is 250 g/mol. The predicted molar refractivity (Wildman–Crippen MR) is 69.6 cm³/mol. The first-order valence-corrected chi connectivity index (χ1v) is 7.22. The molecule has 1 aliphatic heterocycles. The lowest BCUT2D eigenvalue weighted by Gasteiger charge is -2.26. The molecule has 1 aliphatic rings. The Bertz CT molecular complexity index is 502. The topological polar surface area (TPSA) is 46.6 Å². The van der Waals surface area contributed by atoms with Crippen LogP contribution in [0.5, 0.6) is 0 Å². The van der Waals surface area contributed by atoms with Crippen LogP contribution in [0.25, 0.3) is 0 Å². The number of rotatable bonds is 4. The first kappa shape index (κ1) is 13.3. The summed E-state index contributed by atoms with van der Waals surface area (Å²) >= 11 is 0. The number of ether oxygens (including phenoxy) is 1. The fourth-order valence-corrected chi connectivity index (χ4v) is 3.23. The molecule has 0 spiro atoms. The molecule has 4 nitrogen and oxygen atoms in total. The Balaban J connectivity index is 2.20. The molecule has 1 fully saturated rings. The van der Waals surface area contributed by atoms with Crippen molar-refractivity contribution in [3.8, 4) is 0 Å². The average Bonchev–Trinajstić information content (AvgIpc) is 2.41. The van der Waals surface area contributed by atoms with E-state index in [0.717, 1.165) is 5.56 Å². The fourth-order valence-electron chi connectivity index (χ4n) is 1.82. The second-order valence-electron chi connectivity index (χ2n) is 3.99. The Morgan fingerprint density at radius 2 is 1.78 bits per heavy atom. The van der Waals surface area contributed by atoms with Crippen molar-refractivity contribution in [3.05, 3.63) is 48.9 Å². The molecule has 1 aromatic carbocycles. The van der Waals surface area contributed by atoms with E-state index in [1.807, 2.05) is 6.42 Å². The SMILES string of the molecule is C=C[CH]c1ccc(S(=O)(=O)N2CCOCC2)cc1. The normalized spacial score (nSPS) is 17.6. The van der Waals surface area contributed by atoms with E-state index in [1.54, 1.807) is 30.3 Å². The van der Waals surface area contributed by atoms with Crippen LogP contribution < -0.4 is 0 Å². The van der Waals surface area contributed by atoms with Gasteiger partial charge in [0.15, 0.2) is 0 Å². The van der Waals surface area contributed by atoms with Gasteiger partial charge in [-0.1, -0.05) is 18.2 Å². The highest BCUT2D eigenvalue weighted by Gasteiger charge is 2.25. The number of hydrogen-bond donors (Lipinski definition) is 0. The average molecular weight is 266 g/mol. The van der Waals surface area contributed by atoms with E-state index in [9.17, 15) is 8.42 Å². The summed E-state index contributed by atoms with van der Waals surface area (Å²) in [5.74, 6) is 0. The molecule has 97 valence electrons. The second kappa shape index (κ2) is 5.65. The smallest absolute Gasteiger partial charge is 0.243 e. The minimum absolute atomic E-state index is 0.325. The standard InChI is InChI=1S/C13H16NO3S/c1-2-3-12-4-6-13(7-5-12)18(15,16)14-8-10-17-11-9-14/h2-7H,1,8-11H2. The summed E-state index contributed by atoms with van der Waals surface area (Å²) < 4.78 is 31.2. The lowest BCUT2D eigenvalue weighted by molar-refractivity contribution is 0.0730. The molecule has 1 radical (unpaired) electrons. The molecule has 0 amide bonds.